The summed E-state index contributed by atoms with van der Waals surface area (Å²) in [5.74, 6) is -0.0152. The Morgan fingerprint density at radius 1 is 1.21 bits per heavy atom. The Bertz CT molecular complexity index is 1070. The third-order valence-corrected chi connectivity index (χ3v) is 7.15. The smallest absolute Gasteiger partial charge is 0.307 e. The molecule has 1 N–H and O–H groups in total. The first-order valence-electron chi connectivity index (χ1n) is 10.6. The van der Waals surface area contributed by atoms with Crippen molar-refractivity contribution in [1.29, 1.82) is 0 Å². The van der Waals surface area contributed by atoms with Gasteiger partial charge in [-0.05, 0) is 61.1 Å². The molecule has 1 heterocycles. The third kappa shape index (κ3) is 8.23. The number of aromatic nitrogens is 1. The molecule has 0 aliphatic carbocycles. The summed E-state index contributed by atoms with van der Waals surface area (Å²) in [5, 5.41) is 13.3. The molecule has 0 aliphatic heterocycles. The van der Waals surface area contributed by atoms with E-state index in [9.17, 15) is 9.70 Å². The van der Waals surface area contributed by atoms with E-state index < -0.39 is 5.97 Å². The molecule has 0 aliphatic rings. The monoisotopic (exact) mass is 505 g/mol. The molecule has 0 amide bonds. The maximum Gasteiger partial charge on any atom is 0.307 e. The summed E-state index contributed by atoms with van der Waals surface area (Å²) in [6, 6.07) is 12.5. The molecule has 3 aromatic rings. The molecule has 0 fully saturated rings. The molecule has 0 unspecified atom stereocenters. The van der Waals surface area contributed by atoms with Crippen molar-refractivity contribution >= 4 is 46.4 Å². The van der Waals surface area contributed by atoms with Crippen LogP contribution in [0.1, 0.15) is 30.0 Å². The van der Waals surface area contributed by atoms with E-state index >= 15 is 0 Å². The van der Waals surface area contributed by atoms with Crippen LogP contribution in [0.2, 0.25) is 5.02 Å². The van der Waals surface area contributed by atoms with E-state index in [4.69, 9.17) is 21.7 Å². The van der Waals surface area contributed by atoms with E-state index in [1.807, 2.05) is 38.1 Å². The molecule has 0 bridgehead atoms. The van der Waals surface area contributed by atoms with E-state index in [0.29, 0.717) is 16.3 Å². The average Bonchev–Trinajstić information content (AvgIpc) is 3.16. The van der Waals surface area contributed by atoms with Gasteiger partial charge in [-0.2, -0.15) is 0 Å². The van der Waals surface area contributed by atoms with Crippen LogP contribution in [0.25, 0.3) is 10.6 Å². The highest BCUT2D eigenvalue weighted by Gasteiger charge is 2.12. The van der Waals surface area contributed by atoms with Crippen LogP contribution >= 0.6 is 34.7 Å². The van der Waals surface area contributed by atoms with Gasteiger partial charge in [0.2, 0.25) is 0 Å². The maximum atomic E-state index is 10.8. The second-order valence-corrected chi connectivity index (χ2v) is 9.83. The molecule has 33 heavy (non-hydrogen) atoms. The van der Waals surface area contributed by atoms with Gasteiger partial charge in [-0.15, -0.1) is 28.0 Å². The highest BCUT2D eigenvalue weighted by atomic mass is 35.5. The lowest BCUT2D eigenvalue weighted by Crippen LogP contribution is -2.21. The number of benzene rings is 2. The van der Waals surface area contributed by atoms with Crippen molar-refractivity contribution < 1.29 is 9.90 Å². The van der Waals surface area contributed by atoms with Gasteiger partial charge in [-0.25, -0.2) is 4.98 Å². The van der Waals surface area contributed by atoms with Gasteiger partial charge in [-0.3, -0.25) is 9.69 Å². The predicted molar refractivity (Wildman–Crippen MR) is 139 cm³/mol. The van der Waals surface area contributed by atoms with Gasteiger partial charge in [0, 0.05) is 34.2 Å². The summed E-state index contributed by atoms with van der Waals surface area (Å²) >= 11 is 9.59. The minimum atomic E-state index is -0.867. The van der Waals surface area contributed by atoms with Crippen LogP contribution in [0.5, 0.6) is 0 Å². The lowest BCUT2D eigenvalue weighted by atomic mass is 10.1. The molecular formula is C24H28ClN3O3S2. The number of carbonyl (C=O) groups is 1. The average molecular weight is 506 g/mol. The van der Waals surface area contributed by atoms with Gasteiger partial charge >= 0.3 is 5.97 Å². The summed E-state index contributed by atoms with van der Waals surface area (Å²) in [5.41, 5.74) is 3.13. The van der Waals surface area contributed by atoms with Crippen LogP contribution in [-0.4, -0.2) is 40.3 Å². The number of aryl methyl sites for hydroxylation is 1. The number of rotatable bonds is 10. The maximum absolute atomic E-state index is 10.8. The number of carboxylic acid groups (broad SMARTS) is 1. The predicted octanol–water partition coefficient (Wildman–Crippen LogP) is 7.05. The largest absolute Gasteiger partial charge is 0.481 e. The number of nitrogens with zero attached hydrogens (tertiary/aromatic N) is 3. The summed E-state index contributed by atoms with van der Waals surface area (Å²) in [4.78, 5) is 30.5. The molecule has 2 aromatic carbocycles. The molecular weight excluding hydrogens is 478 g/mol. The van der Waals surface area contributed by atoms with Gasteiger partial charge in [0.25, 0.3) is 0 Å². The Hall–Kier alpha value is -2.26. The normalized spacial score (nSPS) is 10.6. The van der Waals surface area contributed by atoms with Gasteiger partial charge in [-0.1, -0.05) is 31.5 Å². The molecule has 1 aromatic heterocycles. The minimum absolute atomic E-state index is 0.0273. The Morgan fingerprint density at radius 3 is 2.52 bits per heavy atom. The van der Waals surface area contributed by atoms with Gasteiger partial charge < -0.3 is 5.11 Å². The number of aliphatic carboxylic acids is 1. The van der Waals surface area contributed by atoms with Crippen molar-refractivity contribution in [3.8, 4) is 10.6 Å². The van der Waals surface area contributed by atoms with Crippen LogP contribution in [0.3, 0.4) is 0 Å². The number of hydrogen-bond acceptors (Lipinski definition) is 7. The molecule has 6 nitrogen and oxygen atoms in total. The van der Waals surface area contributed by atoms with Crippen molar-refractivity contribution in [2.45, 2.75) is 38.6 Å². The third-order valence-electron chi connectivity index (χ3n) is 4.61. The fourth-order valence-electron chi connectivity index (χ4n) is 2.96. The molecule has 0 atom stereocenters. The van der Waals surface area contributed by atoms with E-state index in [0.717, 1.165) is 40.0 Å². The number of thiazole rings is 1. The van der Waals surface area contributed by atoms with Gasteiger partial charge in [0.15, 0.2) is 0 Å². The zero-order valence-electron chi connectivity index (χ0n) is 19.2. The fourth-order valence-corrected chi connectivity index (χ4v) is 5.23. The number of nitroso groups, excluding NO2 is 1. The summed E-state index contributed by atoms with van der Waals surface area (Å²) < 4.78 is 0. The fraction of sp³-hybridized carbons (Fsp3) is 0.333. The summed E-state index contributed by atoms with van der Waals surface area (Å²) in [6.45, 7) is 7.66. The van der Waals surface area contributed by atoms with Crippen molar-refractivity contribution in [1.82, 2.24) is 9.88 Å². The minimum Gasteiger partial charge on any atom is -0.481 e. The molecule has 0 spiro atoms. The Kier molecular flexibility index (Phi) is 11.0. The first kappa shape index (κ1) is 27.0. The number of hydrogen-bond donors (Lipinski definition) is 1. The molecule has 0 saturated carbocycles. The van der Waals surface area contributed by atoms with Crippen molar-refractivity contribution in [2.24, 2.45) is 5.18 Å². The van der Waals surface area contributed by atoms with Crippen LogP contribution in [0.15, 0.2) is 52.5 Å². The van der Waals surface area contributed by atoms with E-state index in [1.165, 1.54) is 4.88 Å². The Labute approximate surface area is 208 Å². The van der Waals surface area contributed by atoms with Gasteiger partial charge in [0.1, 0.15) is 10.7 Å². The summed E-state index contributed by atoms with van der Waals surface area (Å²) in [7, 11) is 2.06. The van der Waals surface area contributed by atoms with Crippen molar-refractivity contribution in [3.05, 3.63) is 68.5 Å². The second-order valence-electron chi connectivity index (χ2n) is 7.08. The quantitative estimate of drug-likeness (QED) is 0.235. The van der Waals surface area contributed by atoms with E-state index in [-0.39, 0.29) is 6.42 Å². The standard InChI is InChI=1S/C22H22ClN3O3S2.C2H6/c1-14-19(24-22(31-14)16-4-6-17(25-29)7-5-16)13-26(2)9-10-30-20-8-3-15(11-18(20)23)12-21(27)28;1-2/h3-8,11H,9-10,12-13H2,1-2H3,(H,27,28);1-2H3. The Morgan fingerprint density at radius 2 is 1.91 bits per heavy atom. The van der Waals surface area contributed by atoms with Crippen LogP contribution in [0, 0.1) is 11.8 Å². The number of halogens is 1. The summed E-state index contributed by atoms with van der Waals surface area (Å²) in [6.07, 6.45) is -0.0273. The first-order valence-corrected chi connectivity index (χ1v) is 12.8. The first-order chi connectivity index (χ1) is 15.9. The Balaban J connectivity index is 0.00000187. The lowest BCUT2D eigenvalue weighted by Gasteiger charge is -2.16. The molecule has 3 rings (SSSR count). The zero-order chi connectivity index (χ0) is 24.4. The van der Waals surface area contributed by atoms with Crippen LogP contribution in [-0.2, 0) is 17.8 Å². The highest BCUT2D eigenvalue weighted by Crippen LogP contribution is 2.30. The molecule has 0 radical (unpaired) electrons. The van der Waals surface area contributed by atoms with E-state index in [2.05, 4.69) is 24.0 Å². The molecule has 9 heteroatoms. The topological polar surface area (TPSA) is 82.9 Å². The molecule has 0 saturated heterocycles. The van der Waals surface area contributed by atoms with Crippen molar-refractivity contribution in [2.75, 3.05) is 19.3 Å². The molecule has 176 valence electrons. The van der Waals surface area contributed by atoms with Gasteiger partial charge in [0.05, 0.1) is 17.1 Å². The van der Waals surface area contributed by atoms with E-state index in [1.54, 1.807) is 41.3 Å². The van der Waals surface area contributed by atoms with Crippen LogP contribution in [0.4, 0.5) is 5.69 Å². The SMILES string of the molecule is CC.Cc1sc(-c2ccc(N=O)cc2)nc1CN(C)CCSc1ccc(CC(=O)O)cc1Cl. The van der Waals surface area contributed by atoms with Crippen LogP contribution < -0.4 is 0 Å². The highest BCUT2D eigenvalue weighted by molar-refractivity contribution is 7.99. The van der Waals surface area contributed by atoms with Crippen molar-refractivity contribution in [3.63, 3.8) is 0 Å². The number of thioether (sulfide) groups is 1. The second kappa shape index (κ2) is 13.4. The lowest BCUT2D eigenvalue weighted by molar-refractivity contribution is -0.136. The zero-order valence-corrected chi connectivity index (χ0v) is 21.6. The number of carboxylic acids is 1.